The van der Waals surface area contributed by atoms with E-state index < -0.39 is 17.3 Å². The summed E-state index contributed by atoms with van der Waals surface area (Å²) in [7, 11) is -6.68. The van der Waals surface area contributed by atoms with Crippen molar-refractivity contribution in [3.05, 3.63) is 0 Å². The minimum atomic E-state index is -3.34. The van der Waals surface area contributed by atoms with Crippen LogP contribution in [0.3, 0.4) is 0 Å². The Kier molecular flexibility index (Phi) is 11.9. The molecule has 128 valence electrons. The quantitative estimate of drug-likeness (QED) is 0.244. The van der Waals surface area contributed by atoms with Crippen molar-refractivity contribution < 1.29 is 12.3 Å². The van der Waals surface area contributed by atoms with Crippen molar-refractivity contribution in [1.82, 2.24) is 0 Å². The average molecular weight is 339 g/mol. The van der Waals surface area contributed by atoms with Gasteiger partial charge in [-0.25, -0.2) is 0 Å². The molecule has 0 rings (SSSR count). The number of hydrogen-bond acceptors (Lipinski definition) is 1. The molecule has 0 atom stereocenters. The van der Waals surface area contributed by atoms with Crippen LogP contribution in [-0.2, 0) is 4.12 Å². The van der Waals surface area contributed by atoms with E-state index in [0.29, 0.717) is 24.2 Å². The predicted molar refractivity (Wildman–Crippen MR) is 93.7 cm³/mol. The van der Waals surface area contributed by atoms with Gasteiger partial charge in [-0.15, -0.1) is 0 Å². The van der Waals surface area contributed by atoms with Gasteiger partial charge in [0.2, 0.25) is 0 Å². The standard InChI is InChI=1S/C16H36F2OSi2/c1-5-9-13-20(17,14-10-6-2)19-21(18,15-11-7-3)16-12-8-4/h5-16H2,1-4H3. The van der Waals surface area contributed by atoms with Gasteiger partial charge in [0.1, 0.15) is 0 Å². The Morgan fingerprint density at radius 1 is 0.571 bits per heavy atom. The van der Waals surface area contributed by atoms with Gasteiger partial charge in [0, 0.05) is 0 Å². The van der Waals surface area contributed by atoms with Gasteiger partial charge < -0.3 is 4.12 Å². The molecular formula is C16H36F2OSi2. The fourth-order valence-corrected chi connectivity index (χ4v) is 10.8. The lowest BCUT2D eigenvalue weighted by molar-refractivity contribution is 0.376. The van der Waals surface area contributed by atoms with Crippen molar-refractivity contribution in [1.29, 1.82) is 0 Å². The third kappa shape index (κ3) is 9.79. The summed E-state index contributed by atoms with van der Waals surface area (Å²) < 4.78 is 36.2. The highest BCUT2D eigenvalue weighted by atomic mass is 28.5. The molecule has 0 fully saturated rings. The van der Waals surface area contributed by atoms with E-state index in [1.807, 2.05) is 0 Å². The van der Waals surface area contributed by atoms with Crippen LogP contribution in [0, 0.1) is 0 Å². The molecule has 0 saturated heterocycles. The van der Waals surface area contributed by atoms with E-state index in [4.69, 9.17) is 4.12 Å². The van der Waals surface area contributed by atoms with Crippen molar-refractivity contribution in [2.45, 2.75) is 103 Å². The molecule has 0 aliphatic carbocycles. The zero-order valence-corrected chi connectivity index (χ0v) is 16.6. The molecule has 0 spiro atoms. The molecule has 0 N–H and O–H groups in total. The Balaban J connectivity index is 4.80. The first-order valence-corrected chi connectivity index (χ1v) is 13.4. The molecule has 0 saturated carbocycles. The number of halogens is 2. The Morgan fingerprint density at radius 2 is 0.810 bits per heavy atom. The average Bonchev–Trinajstić information content (AvgIpc) is 2.47. The fraction of sp³-hybridized carbons (Fsp3) is 1.00. The molecule has 0 radical (unpaired) electrons. The van der Waals surface area contributed by atoms with Crippen LogP contribution in [0.4, 0.5) is 8.22 Å². The van der Waals surface area contributed by atoms with Gasteiger partial charge in [-0.2, -0.15) is 0 Å². The number of hydrogen-bond donors (Lipinski definition) is 0. The van der Waals surface area contributed by atoms with E-state index >= 15 is 8.22 Å². The summed E-state index contributed by atoms with van der Waals surface area (Å²) in [5.41, 5.74) is 0. The molecule has 21 heavy (non-hydrogen) atoms. The Labute approximate surface area is 133 Å². The maximum absolute atomic E-state index is 15.2. The van der Waals surface area contributed by atoms with Gasteiger partial charge in [0.25, 0.3) is 0 Å². The second-order valence-corrected chi connectivity index (χ2v) is 12.6. The minimum absolute atomic E-state index is 0.487. The highest BCUT2D eigenvalue weighted by Crippen LogP contribution is 2.34. The van der Waals surface area contributed by atoms with E-state index in [2.05, 4.69) is 27.7 Å². The summed E-state index contributed by atoms with van der Waals surface area (Å²) in [6, 6.07) is 1.95. The second-order valence-electron chi connectivity index (χ2n) is 6.28. The summed E-state index contributed by atoms with van der Waals surface area (Å²) in [5, 5.41) is 0. The van der Waals surface area contributed by atoms with E-state index in [1.54, 1.807) is 0 Å². The highest BCUT2D eigenvalue weighted by molar-refractivity contribution is 6.80. The third-order valence-corrected chi connectivity index (χ3v) is 11.3. The normalized spacial score (nSPS) is 12.9. The van der Waals surface area contributed by atoms with Crippen molar-refractivity contribution in [2.24, 2.45) is 0 Å². The van der Waals surface area contributed by atoms with Gasteiger partial charge >= 0.3 is 17.3 Å². The van der Waals surface area contributed by atoms with Crippen LogP contribution in [0.5, 0.6) is 0 Å². The maximum atomic E-state index is 15.2. The second kappa shape index (κ2) is 11.8. The summed E-state index contributed by atoms with van der Waals surface area (Å²) in [4.78, 5) is 0. The van der Waals surface area contributed by atoms with Crippen molar-refractivity contribution in [3.63, 3.8) is 0 Å². The van der Waals surface area contributed by atoms with Crippen LogP contribution in [0.25, 0.3) is 0 Å². The molecule has 0 bridgehead atoms. The van der Waals surface area contributed by atoms with E-state index in [0.717, 1.165) is 51.4 Å². The van der Waals surface area contributed by atoms with Crippen LogP contribution >= 0.6 is 0 Å². The molecule has 0 heterocycles. The summed E-state index contributed by atoms with van der Waals surface area (Å²) >= 11 is 0. The minimum Gasteiger partial charge on any atom is -0.408 e. The summed E-state index contributed by atoms with van der Waals surface area (Å²) in [6.07, 6.45) is 7.16. The first-order valence-electron chi connectivity index (χ1n) is 9.03. The molecule has 0 aliphatic heterocycles. The van der Waals surface area contributed by atoms with E-state index in [9.17, 15) is 0 Å². The highest BCUT2D eigenvalue weighted by Gasteiger charge is 2.46. The lowest BCUT2D eigenvalue weighted by atomic mass is 10.4. The Hall–Kier alpha value is 0.254. The van der Waals surface area contributed by atoms with Crippen molar-refractivity contribution in [3.8, 4) is 0 Å². The first-order chi connectivity index (χ1) is 9.95. The molecule has 1 nitrogen and oxygen atoms in total. The molecule has 0 amide bonds. The molecule has 0 unspecified atom stereocenters. The largest absolute Gasteiger partial charge is 0.408 e. The van der Waals surface area contributed by atoms with Gasteiger partial charge in [0.05, 0.1) is 0 Å². The Morgan fingerprint density at radius 3 is 1.00 bits per heavy atom. The molecule has 0 aromatic carbocycles. The lowest BCUT2D eigenvalue weighted by Gasteiger charge is -2.32. The van der Waals surface area contributed by atoms with Gasteiger partial charge in [-0.05, 0) is 24.2 Å². The van der Waals surface area contributed by atoms with Crippen LogP contribution in [-0.4, -0.2) is 17.3 Å². The van der Waals surface area contributed by atoms with Gasteiger partial charge in [-0.1, -0.05) is 79.1 Å². The first kappa shape index (κ1) is 21.3. The van der Waals surface area contributed by atoms with Crippen LogP contribution in [0.15, 0.2) is 0 Å². The number of unbranched alkanes of at least 4 members (excludes halogenated alkanes) is 4. The zero-order valence-electron chi connectivity index (χ0n) is 14.6. The van der Waals surface area contributed by atoms with Crippen LogP contribution < -0.4 is 0 Å². The predicted octanol–water partition coefficient (Wildman–Crippen LogP) is 7.03. The van der Waals surface area contributed by atoms with Crippen molar-refractivity contribution >= 4 is 17.3 Å². The smallest absolute Gasteiger partial charge is 0.375 e. The molecule has 5 heteroatoms. The third-order valence-electron chi connectivity index (χ3n) is 3.98. The summed E-state index contributed by atoms with van der Waals surface area (Å²) in [5.74, 6) is 0. The van der Waals surface area contributed by atoms with Crippen molar-refractivity contribution in [2.75, 3.05) is 0 Å². The summed E-state index contributed by atoms with van der Waals surface area (Å²) in [6.45, 7) is 8.23. The topological polar surface area (TPSA) is 9.23 Å². The fourth-order valence-electron chi connectivity index (χ4n) is 2.54. The molecule has 0 aliphatic rings. The number of rotatable bonds is 14. The van der Waals surface area contributed by atoms with Gasteiger partial charge in [-0.3, -0.25) is 8.22 Å². The molecular weight excluding hydrogens is 302 g/mol. The maximum Gasteiger partial charge on any atom is 0.375 e. The lowest BCUT2D eigenvalue weighted by Crippen LogP contribution is -2.46. The molecule has 0 aromatic heterocycles. The Bertz CT molecular complexity index is 212. The SMILES string of the molecule is CCCC[Si](F)(CCCC)O[Si](F)(CCCC)CCCC. The zero-order chi connectivity index (χ0) is 16.2. The van der Waals surface area contributed by atoms with E-state index in [1.165, 1.54) is 0 Å². The monoisotopic (exact) mass is 338 g/mol. The molecule has 0 aromatic rings. The van der Waals surface area contributed by atoms with Crippen LogP contribution in [0.1, 0.15) is 79.1 Å². The van der Waals surface area contributed by atoms with Crippen LogP contribution in [0.2, 0.25) is 24.2 Å². The van der Waals surface area contributed by atoms with Gasteiger partial charge in [0.15, 0.2) is 0 Å². The van der Waals surface area contributed by atoms with E-state index in [-0.39, 0.29) is 0 Å².